The molecular formula is C31H25ClN4O2S. The van der Waals surface area contributed by atoms with Gasteiger partial charge in [-0.05, 0) is 36.2 Å². The second-order valence-corrected chi connectivity index (χ2v) is 11.0. The van der Waals surface area contributed by atoms with E-state index in [0.29, 0.717) is 29.1 Å². The number of benzene rings is 3. The van der Waals surface area contributed by atoms with Gasteiger partial charge in [-0.2, -0.15) is 5.10 Å². The normalized spacial score (nSPS) is 15.1. The van der Waals surface area contributed by atoms with Gasteiger partial charge >= 0.3 is 0 Å². The zero-order chi connectivity index (χ0) is 26.9. The number of carbonyl (C=O) groups is 1. The van der Waals surface area contributed by atoms with Gasteiger partial charge in [0.1, 0.15) is 0 Å². The number of nitrogens with one attached hydrogen (secondary N) is 1. The highest BCUT2D eigenvalue weighted by molar-refractivity contribution is 7.09. The Morgan fingerprint density at radius 1 is 1.05 bits per heavy atom. The summed E-state index contributed by atoms with van der Waals surface area (Å²) in [7, 11) is 0. The summed E-state index contributed by atoms with van der Waals surface area (Å²) in [6.07, 6.45) is 3.00. The molecule has 0 unspecified atom stereocenters. The third-order valence-electron chi connectivity index (χ3n) is 7.01. The fourth-order valence-corrected chi connectivity index (χ4v) is 5.83. The third-order valence-corrected chi connectivity index (χ3v) is 8.10. The van der Waals surface area contributed by atoms with Gasteiger partial charge in [0.15, 0.2) is 0 Å². The largest absolute Gasteiger partial charge is 0.321 e. The summed E-state index contributed by atoms with van der Waals surface area (Å²) in [5.74, 6) is -0.101. The second-order valence-electron chi connectivity index (χ2n) is 9.60. The van der Waals surface area contributed by atoms with Crippen LogP contribution in [0, 0.1) is 6.92 Å². The van der Waals surface area contributed by atoms with E-state index in [4.69, 9.17) is 16.7 Å². The van der Waals surface area contributed by atoms with Gasteiger partial charge in [-0.3, -0.25) is 9.59 Å². The van der Waals surface area contributed by atoms with Crippen LogP contribution in [0.25, 0.3) is 22.0 Å². The Morgan fingerprint density at radius 3 is 2.56 bits per heavy atom. The van der Waals surface area contributed by atoms with Crippen LogP contribution < -0.4 is 5.56 Å². The van der Waals surface area contributed by atoms with Crippen molar-refractivity contribution in [2.24, 2.45) is 5.10 Å². The minimum absolute atomic E-state index is 0.101. The SMILES string of the molecule is Cc1ccc([C@@H]2CC(c3c(-c4ccc(Cl)cc4)c4ccccc4[nH]c3=O)=NN2C(=O)CCc2nccs2)cc1. The maximum atomic E-state index is 13.7. The fraction of sp³-hybridized carbons (Fsp3) is 0.161. The molecule has 3 aromatic carbocycles. The molecule has 6 rings (SSSR count). The molecule has 1 N–H and O–H groups in total. The predicted molar refractivity (Wildman–Crippen MR) is 157 cm³/mol. The van der Waals surface area contributed by atoms with Crippen LogP contribution in [0.4, 0.5) is 0 Å². The number of para-hydroxylation sites is 1. The molecule has 1 aliphatic heterocycles. The third kappa shape index (κ3) is 5.03. The number of pyridine rings is 1. The molecular weight excluding hydrogens is 528 g/mol. The molecule has 6 nitrogen and oxygen atoms in total. The number of amides is 1. The maximum absolute atomic E-state index is 13.7. The van der Waals surface area contributed by atoms with Gasteiger partial charge in [-0.1, -0.05) is 71.8 Å². The molecule has 3 heterocycles. The summed E-state index contributed by atoms with van der Waals surface area (Å²) in [5.41, 5.74) is 5.31. The molecule has 0 saturated heterocycles. The first-order valence-electron chi connectivity index (χ1n) is 12.7. The van der Waals surface area contributed by atoms with Crippen molar-refractivity contribution in [3.63, 3.8) is 0 Å². The highest BCUT2D eigenvalue weighted by Gasteiger charge is 2.35. The van der Waals surface area contributed by atoms with Crippen molar-refractivity contribution in [1.29, 1.82) is 0 Å². The predicted octanol–water partition coefficient (Wildman–Crippen LogP) is 6.92. The van der Waals surface area contributed by atoms with E-state index < -0.39 is 0 Å². The number of nitrogens with zero attached hydrogens (tertiary/aromatic N) is 3. The van der Waals surface area contributed by atoms with Gasteiger partial charge in [0.05, 0.1) is 22.3 Å². The van der Waals surface area contributed by atoms with Crippen LogP contribution in [0.3, 0.4) is 0 Å². The van der Waals surface area contributed by atoms with Crippen molar-refractivity contribution < 1.29 is 4.79 Å². The van der Waals surface area contributed by atoms with Crippen LogP contribution >= 0.6 is 22.9 Å². The lowest BCUT2D eigenvalue weighted by molar-refractivity contribution is -0.133. The summed E-state index contributed by atoms with van der Waals surface area (Å²) in [6, 6.07) is 23.0. The summed E-state index contributed by atoms with van der Waals surface area (Å²) in [4.78, 5) is 34.6. The molecule has 0 bridgehead atoms. The number of aromatic nitrogens is 2. The van der Waals surface area contributed by atoms with E-state index in [1.807, 2.05) is 85.1 Å². The average Bonchev–Trinajstić information content (AvgIpc) is 3.63. The van der Waals surface area contributed by atoms with Crippen molar-refractivity contribution in [3.8, 4) is 11.1 Å². The number of hydrazone groups is 1. The fourth-order valence-electron chi connectivity index (χ4n) is 5.08. The number of fused-ring (bicyclic) bond motifs is 1. The lowest BCUT2D eigenvalue weighted by atomic mass is 9.91. The van der Waals surface area contributed by atoms with Crippen LogP contribution in [0.1, 0.15) is 40.6 Å². The highest BCUT2D eigenvalue weighted by atomic mass is 35.5. The standard InChI is InChI=1S/C31H25ClN4O2S/c1-19-6-8-20(9-7-19)26-18-25(35-36(26)28(37)15-14-27-33-16-17-39-27)30-29(21-10-12-22(32)13-11-21)23-4-2-3-5-24(23)34-31(30)38/h2-13,16-17,26H,14-15,18H2,1H3,(H,34,38)/t26-/m0/s1. The van der Waals surface area contributed by atoms with Gasteiger partial charge in [0.25, 0.3) is 5.56 Å². The molecule has 194 valence electrons. The Morgan fingerprint density at radius 2 is 1.82 bits per heavy atom. The number of H-pyrrole nitrogens is 1. The molecule has 1 aliphatic rings. The van der Waals surface area contributed by atoms with Crippen molar-refractivity contribution in [2.45, 2.75) is 32.2 Å². The number of carbonyl (C=O) groups excluding carboxylic acids is 1. The van der Waals surface area contributed by atoms with Crippen molar-refractivity contribution in [2.75, 3.05) is 0 Å². The smallest absolute Gasteiger partial charge is 0.258 e. The molecule has 0 saturated carbocycles. The number of hydrogen-bond donors (Lipinski definition) is 1. The maximum Gasteiger partial charge on any atom is 0.258 e. The number of aryl methyl sites for hydroxylation is 2. The monoisotopic (exact) mass is 552 g/mol. The Labute approximate surface area is 234 Å². The van der Waals surface area contributed by atoms with E-state index in [1.54, 1.807) is 11.2 Å². The van der Waals surface area contributed by atoms with Crippen LogP contribution in [0.5, 0.6) is 0 Å². The molecule has 1 atom stereocenters. The molecule has 0 aliphatic carbocycles. The minimum Gasteiger partial charge on any atom is -0.321 e. The number of thiazole rings is 1. The first-order valence-corrected chi connectivity index (χ1v) is 14.0. The van der Waals surface area contributed by atoms with E-state index >= 15 is 0 Å². The Balaban J connectivity index is 1.48. The van der Waals surface area contributed by atoms with E-state index in [0.717, 1.165) is 38.2 Å². The Hall–Kier alpha value is -4.07. The van der Waals surface area contributed by atoms with E-state index in [-0.39, 0.29) is 23.9 Å². The molecule has 39 heavy (non-hydrogen) atoms. The van der Waals surface area contributed by atoms with Crippen LogP contribution in [-0.4, -0.2) is 26.6 Å². The molecule has 0 fully saturated rings. The molecule has 0 radical (unpaired) electrons. The second kappa shape index (κ2) is 10.6. The lowest BCUT2D eigenvalue weighted by Crippen LogP contribution is -2.27. The van der Waals surface area contributed by atoms with E-state index in [1.165, 1.54) is 11.3 Å². The van der Waals surface area contributed by atoms with Crippen LogP contribution in [0.15, 0.2) is 94.3 Å². The average molecular weight is 553 g/mol. The van der Waals surface area contributed by atoms with Crippen LogP contribution in [-0.2, 0) is 11.2 Å². The minimum atomic E-state index is -0.312. The Bertz CT molecular complexity index is 1740. The zero-order valence-electron chi connectivity index (χ0n) is 21.2. The quantitative estimate of drug-likeness (QED) is 0.248. The highest BCUT2D eigenvalue weighted by Crippen LogP contribution is 2.37. The number of aromatic amines is 1. The summed E-state index contributed by atoms with van der Waals surface area (Å²) in [5, 5.41) is 10.7. The first-order chi connectivity index (χ1) is 19.0. The zero-order valence-corrected chi connectivity index (χ0v) is 22.8. The number of rotatable bonds is 6. The van der Waals surface area contributed by atoms with E-state index in [9.17, 15) is 9.59 Å². The topological polar surface area (TPSA) is 78.4 Å². The number of halogens is 1. The Kier molecular flexibility index (Phi) is 6.85. The summed E-state index contributed by atoms with van der Waals surface area (Å²) >= 11 is 7.73. The lowest BCUT2D eigenvalue weighted by Gasteiger charge is -2.22. The molecule has 2 aromatic heterocycles. The van der Waals surface area contributed by atoms with Gasteiger partial charge in [-0.15, -0.1) is 11.3 Å². The summed E-state index contributed by atoms with van der Waals surface area (Å²) in [6.45, 7) is 2.03. The molecule has 0 spiro atoms. The van der Waals surface area contributed by atoms with Gasteiger partial charge in [0.2, 0.25) is 5.91 Å². The molecule has 1 amide bonds. The van der Waals surface area contributed by atoms with Crippen molar-refractivity contribution in [3.05, 3.63) is 121 Å². The van der Waals surface area contributed by atoms with Crippen molar-refractivity contribution >= 4 is 45.5 Å². The van der Waals surface area contributed by atoms with E-state index in [2.05, 4.69) is 9.97 Å². The van der Waals surface area contributed by atoms with Crippen molar-refractivity contribution in [1.82, 2.24) is 15.0 Å². The molecule has 5 aromatic rings. The summed E-state index contributed by atoms with van der Waals surface area (Å²) < 4.78 is 0. The first kappa shape index (κ1) is 25.2. The molecule has 8 heteroatoms. The number of hydrogen-bond acceptors (Lipinski definition) is 5. The van der Waals surface area contributed by atoms with Crippen LogP contribution in [0.2, 0.25) is 5.02 Å². The van der Waals surface area contributed by atoms with Gasteiger partial charge in [-0.25, -0.2) is 9.99 Å². The van der Waals surface area contributed by atoms with Gasteiger partial charge < -0.3 is 4.98 Å². The van der Waals surface area contributed by atoms with Gasteiger partial charge in [0, 0.05) is 52.3 Å².